The number of esters is 1. The number of carbonyl (C=O) groups is 2. The highest BCUT2D eigenvalue weighted by Gasteiger charge is 2.45. The molecule has 1 amide bonds. The number of nitrogens with one attached hydrogen (secondary N) is 1. The van der Waals surface area contributed by atoms with Crippen LogP contribution in [0.3, 0.4) is 0 Å². The van der Waals surface area contributed by atoms with Crippen LogP contribution in [0.25, 0.3) is 0 Å². The summed E-state index contributed by atoms with van der Waals surface area (Å²) in [5.41, 5.74) is 5.12. The Morgan fingerprint density at radius 3 is 2.26 bits per heavy atom. The van der Waals surface area contributed by atoms with Gasteiger partial charge in [-0.15, -0.1) is 0 Å². The Labute approximate surface area is 204 Å². The predicted molar refractivity (Wildman–Crippen MR) is 139 cm³/mol. The van der Waals surface area contributed by atoms with Crippen LogP contribution in [0.5, 0.6) is 0 Å². The van der Waals surface area contributed by atoms with Gasteiger partial charge in [-0.3, -0.25) is 9.59 Å². The lowest BCUT2D eigenvalue weighted by atomic mass is 10.0. The second-order valence-corrected chi connectivity index (χ2v) is 10.4. The van der Waals surface area contributed by atoms with Crippen LogP contribution in [0.4, 0.5) is 11.4 Å². The zero-order valence-corrected chi connectivity index (χ0v) is 21.6. The molecule has 2 aromatic rings. The van der Waals surface area contributed by atoms with Crippen LogP contribution in [-0.2, 0) is 20.7 Å². The monoisotopic (exact) mass is 464 g/mol. The van der Waals surface area contributed by atoms with E-state index >= 15 is 0 Å². The molecule has 0 aromatic heterocycles. The van der Waals surface area contributed by atoms with Crippen LogP contribution in [-0.4, -0.2) is 31.6 Å². The van der Waals surface area contributed by atoms with Gasteiger partial charge in [0, 0.05) is 13.1 Å². The van der Waals surface area contributed by atoms with E-state index in [1.807, 2.05) is 38.1 Å². The number of nitrogens with zero attached hydrogens (tertiary/aromatic N) is 1. The van der Waals surface area contributed by atoms with Crippen molar-refractivity contribution in [3.63, 3.8) is 0 Å². The number of benzene rings is 2. The first kappa shape index (κ1) is 25.8. The Balaban J connectivity index is 1.87. The highest BCUT2D eigenvalue weighted by molar-refractivity contribution is 5.96. The Morgan fingerprint density at radius 1 is 1.03 bits per heavy atom. The molecule has 0 radical (unpaired) electrons. The molecular weight excluding hydrogens is 424 g/mol. The summed E-state index contributed by atoms with van der Waals surface area (Å²) < 4.78 is 5.22. The van der Waals surface area contributed by atoms with Crippen molar-refractivity contribution in [1.29, 1.82) is 0 Å². The molecule has 2 atom stereocenters. The topological polar surface area (TPSA) is 58.6 Å². The quantitative estimate of drug-likeness (QED) is 0.417. The van der Waals surface area contributed by atoms with Gasteiger partial charge in [-0.1, -0.05) is 63.6 Å². The van der Waals surface area contributed by atoms with Gasteiger partial charge in [-0.05, 0) is 61.3 Å². The van der Waals surface area contributed by atoms with Gasteiger partial charge in [0.15, 0.2) is 0 Å². The highest BCUT2D eigenvalue weighted by Crippen LogP contribution is 2.49. The Morgan fingerprint density at radius 2 is 1.68 bits per heavy atom. The fraction of sp³-hybridized carbons (Fsp3) is 0.517. The molecule has 1 fully saturated rings. The number of anilines is 2. The summed E-state index contributed by atoms with van der Waals surface area (Å²) in [7, 11) is 0. The number of hydrogen-bond donors (Lipinski definition) is 1. The summed E-state index contributed by atoms with van der Waals surface area (Å²) in [6.45, 7) is 15.0. The summed E-state index contributed by atoms with van der Waals surface area (Å²) in [6.07, 6.45) is 1.13. The molecule has 0 bridgehead atoms. The first-order chi connectivity index (χ1) is 16.2. The van der Waals surface area contributed by atoms with E-state index in [4.69, 9.17) is 4.74 Å². The second kappa shape index (κ2) is 11.5. The van der Waals surface area contributed by atoms with Crippen LogP contribution in [0, 0.1) is 24.7 Å². The van der Waals surface area contributed by atoms with Crippen LogP contribution in [0.2, 0.25) is 0 Å². The normalized spacial score (nSPS) is 17.1. The fourth-order valence-corrected chi connectivity index (χ4v) is 4.47. The molecule has 5 nitrogen and oxygen atoms in total. The average molecular weight is 465 g/mol. The molecule has 0 spiro atoms. The van der Waals surface area contributed by atoms with Gasteiger partial charge in [-0.2, -0.15) is 0 Å². The van der Waals surface area contributed by atoms with E-state index in [-0.39, 0.29) is 23.7 Å². The van der Waals surface area contributed by atoms with Crippen molar-refractivity contribution >= 4 is 23.3 Å². The van der Waals surface area contributed by atoms with Crippen LogP contribution in [0.1, 0.15) is 63.6 Å². The third-order valence-electron chi connectivity index (χ3n) is 6.10. The third-order valence-corrected chi connectivity index (χ3v) is 6.10. The molecule has 5 heteroatoms. The summed E-state index contributed by atoms with van der Waals surface area (Å²) in [5, 5.41) is 3.20. The summed E-state index contributed by atoms with van der Waals surface area (Å²) in [4.78, 5) is 27.6. The van der Waals surface area contributed by atoms with E-state index in [0.29, 0.717) is 24.9 Å². The zero-order chi connectivity index (χ0) is 24.8. The Kier molecular flexibility index (Phi) is 8.76. The third kappa shape index (κ3) is 7.09. The van der Waals surface area contributed by atoms with Gasteiger partial charge in [0.25, 0.3) is 0 Å². The van der Waals surface area contributed by atoms with E-state index in [0.717, 1.165) is 42.0 Å². The first-order valence-corrected chi connectivity index (χ1v) is 12.6. The molecule has 3 rings (SSSR count). The summed E-state index contributed by atoms with van der Waals surface area (Å²) in [5.74, 6) is 0.906. The second-order valence-electron chi connectivity index (χ2n) is 10.4. The standard InChI is InChI=1S/C29H40N2O3/c1-7-34-29(33)25-16-24(25)23-12-13-27(31(17-19(2)3)18-20(4)5)26(15-23)30-28(32)14-22-10-8-21(6)9-11-22/h8-13,15,19-20,24-25H,7,14,16-18H2,1-6H3,(H,30,32)/t24-,25-/m1/s1. The molecule has 0 saturated heterocycles. The maximum absolute atomic E-state index is 13.0. The van der Waals surface area contributed by atoms with E-state index in [1.165, 1.54) is 5.56 Å². The van der Waals surface area contributed by atoms with Crippen molar-refractivity contribution in [2.45, 2.75) is 60.3 Å². The van der Waals surface area contributed by atoms with Crippen molar-refractivity contribution in [1.82, 2.24) is 0 Å². The summed E-state index contributed by atoms with van der Waals surface area (Å²) >= 11 is 0. The lowest BCUT2D eigenvalue weighted by Crippen LogP contribution is -2.32. The van der Waals surface area contributed by atoms with E-state index in [1.54, 1.807) is 0 Å². The number of ether oxygens (including phenoxy) is 1. The number of aryl methyl sites for hydroxylation is 1. The molecule has 1 saturated carbocycles. The SMILES string of the molecule is CCOC(=O)[C@@H]1C[C@@H]1c1ccc(N(CC(C)C)CC(C)C)c(NC(=O)Cc2ccc(C)cc2)c1. The van der Waals surface area contributed by atoms with Gasteiger partial charge in [0.05, 0.1) is 30.3 Å². The summed E-state index contributed by atoms with van der Waals surface area (Å²) in [6, 6.07) is 14.4. The average Bonchev–Trinajstić information content (AvgIpc) is 3.55. The maximum atomic E-state index is 13.0. The molecule has 2 aromatic carbocycles. The zero-order valence-electron chi connectivity index (χ0n) is 21.6. The molecule has 184 valence electrons. The molecule has 0 heterocycles. The first-order valence-electron chi connectivity index (χ1n) is 12.6. The smallest absolute Gasteiger partial charge is 0.309 e. The van der Waals surface area contributed by atoms with Gasteiger partial charge in [0.1, 0.15) is 0 Å². The van der Waals surface area contributed by atoms with Gasteiger partial charge in [-0.25, -0.2) is 0 Å². The van der Waals surface area contributed by atoms with Gasteiger partial charge < -0.3 is 15.0 Å². The lowest BCUT2D eigenvalue weighted by molar-refractivity contribution is -0.144. The fourth-order valence-electron chi connectivity index (χ4n) is 4.47. The number of hydrogen-bond acceptors (Lipinski definition) is 4. The Hall–Kier alpha value is -2.82. The molecule has 1 aliphatic carbocycles. The molecule has 1 N–H and O–H groups in total. The van der Waals surface area contributed by atoms with Crippen LogP contribution < -0.4 is 10.2 Å². The van der Waals surface area contributed by atoms with Crippen LogP contribution >= 0.6 is 0 Å². The van der Waals surface area contributed by atoms with Gasteiger partial charge >= 0.3 is 5.97 Å². The largest absolute Gasteiger partial charge is 0.466 e. The van der Waals surface area contributed by atoms with E-state index < -0.39 is 0 Å². The highest BCUT2D eigenvalue weighted by atomic mass is 16.5. The van der Waals surface area contributed by atoms with Crippen LogP contribution in [0.15, 0.2) is 42.5 Å². The predicted octanol–water partition coefficient (Wildman–Crippen LogP) is 5.96. The lowest BCUT2D eigenvalue weighted by Gasteiger charge is -2.31. The Bertz CT molecular complexity index is 971. The minimum absolute atomic E-state index is 0.0333. The minimum atomic E-state index is -0.122. The number of carbonyl (C=O) groups excluding carboxylic acids is 2. The minimum Gasteiger partial charge on any atom is -0.466 e. The van der Waals surface area contributed by atoms with E-state index in [2.05, 4.69) is 56.1 Å². The molecule has 1 aliphatic rings. The van der Waals surface area contributed by atoms with Crippen molar-refractivity contribution in [2.24, 2.45) is 17.8 Å². The number of amides is 1. The van der Waals surface area contributed by atoms with E-state index in [9.17, 15) is 9.59 Å². The molecule has 34 heavy (non-hydrogen) atoms. The van der Waals surface area contributed by atoms with Crippen molar-refractivity contribution in [3.05, 3.63) is 59.2 Å². The molecule has 0 aliphatic heterocycles. The molecule has 0 unspecified atom stereocenters. The van der Waals surface area contributed by atoms with Crippen molar-refractivity contribution in [3.8, 4) is 0 Å². The maximum Gasteiger partial charge on any atom is 0.309 e. The van der Waals surface area contributed by atoms with Crippen molar-refractivity contribution < 1.29 is 14.3 Å². The van der Waals surface area contributed by atoms with Gasteiger partial charge in [0.2, 0.25) is 5.91 Å². The van der Waals surface area contributed by atoms with Crippen molar-refractivity contribution in [2.75, 3.05) is 29.9 Å². The molecular formula is C29H40N2O3. The number of rotatable bonds is 11.